The molecule has 1 nitrogen and oxygen atoms in total. The van der Waals surface area contributed by atoms with E-state index in [1.165, 1.54) is 12.5 Å². The Balaban J connectivity index is 2.52. The van der Waals surface area contributed by atoms with E-state index in [0.717, 1.165) is 24.9 Å². The van der Waals surface area contributed by atoms with E-state index in [4.69, 9.17) is 11.6 Å². The topological polar surface area (TPSA) is 12.0 Å². The predicted octanol–water partition coefficient (Wildman–Crippen LogP) is 4.44. The van der Waals surface area contributed by atoms with Crippen LogP contribution in [0, 0.1) is 11.7 Å². The molecule has 1 atom stereocenters. The van der Waals surface area contributed by atoms with Crippen molar-refractivity contribution >= 4 is 11.6 Å². The standard InChI is InChI=1S/C15H23ClFN/c1-4-18-13(9-11(2)3)7-5-12-6-8-15(17)14(16)10-12/h6,8,10-11,13,18H,4-5,7,9H2,1-3H3. The second kappa shape index (κ2) is 7.75. The normalized spacial score (nSPS) is 13.0. The Kier molecular flexibility index (Phi) is 6.66. The first-order chi connectivity index (χ1) is 8.52. The van der Waals surface area contributed by atoms with Gasteiger partial charge in [-0.25, -0.2) is 4.39 Å². The highest BCUT2D eigenvalue weighted by Crippen LogP contribution is 2.18. The van der Waals surface area contributed by atoms with Gasteiger partial charge in [-0.3, -0.25) is 0 Å². The summed E-state index contributed by atoms with van der Waals surface area (Å²) in [6, 6.07) is 5.52. The molecule has 0 saturated carbocycles. The Labute approximate surface area is 115 Å². The van der Waals surface area contributed by atoms with Gasteiger partial charge in [0.05, 0.1) is 5.02 Å². The third kappa shape index (κ3) is 5.36. The molecule has 102 valence electrons. The first kappa shape index (κ1) is 15.5. The predicted molar refractivity (Wildman–Crippen MR) is 76.7 cm³/mol. The van der Waals surface area contributed by atoms with Gasteiger partial charge in [0.1, 0.15) is 5.82 Å². The van der Waals surface area contributed by atoms with Gasteiger partial charge in [0.2, 0.25) is 0 Å². The summed E-state index contributed by atoms with van der Waals surface area (Å²) in [7, 11) is 0. The Hall–Kier alpha value is -0.600. The van der Waals surface area contributed by atoms with Crippen molar-refractivity contribution < 1.29 is 4.39 Å². The van der Waals surface area contributed by atoms with E-state index < -0.39 is 0 Å². The summed E-state index contributed by atoms with van der Waals surface area (Å²) in [5, 5.41) is 3.72. The summed E-state index contributed by atoms with van der Waals surface area (Å²) in [6.45, 7) is 7.59. The number of benzene rings is 1. The Morgan fingerprint density at radius 2 is 2.06 bits per heavy atom. The maximum absolute atomic E-state index is 13.0. The number of aryl methyl sites for hydroxylation is 1. The highest BCUT2D eigenvalue weighted by Gasteiger charge is 2.10. The van der Waals surface area contributed by atoms with Crippen LogP contribution in [0.25, 0.3) is 0 Å². The summed E-state index contributed by atoms with van der Waals surface area (Å²) in [5.74, 6) is 0.344. The molecule has 0 fully saturated rings. The molecule has 1 aromatic carbocycles. The van der Waals surface area contributed by atoms with Crippen LogP contribution in [0.2, 0.25) is 5.02 Å². The molecule has 0 aliphatic carbocycles. The number of hydrogen-bond acceptors (Lipinski definition) is 1. The van der Waals surface area contributed by atoms with E-state index in [9.17, 15) is 4.39 Å². The lowest BCUT2D eigenvalue weighted by Gasteiger charge is -2.20. The highest BCUT2D eigenvalue weighted by molar-refractivity contribution is 6.30. The Bertz CT molecular complexity index is 366. The van der Waals surface area contributed by atoms with Crippen LogP contribution >= 0.6 is 11.6 Å². The van der Waals surface area contributed by atoms with Gasteiger partial charge in [-0.05, 0) is 49.4 Å². The zero-order valence-corrected chi connectivity index (χ0v) is 12.2. The summed E-state index contributed by atoms with van der Waals surface area (Å²) in [6.07, 6.45) is 3.17. The molecule has 3 heteroatoms. The lowest BCUT2D eigenvalue weighted by molar-refractivity contribution is 0.405. The SMILES string of the molecule is CCNC(CCc1ccc(F)c(Cl)c1)CC(C)C. The van der Waals surface area contributed by atoms with Crippen molar-refractivity contribution in [3.8, 4) is 0 Å². The molecule has 0 saturated heterocycles. The minimum absolute atomic E-state index is 0.219. The van der Waals surface area contributed by atoms with E-state index in [-0.39, 0.29) is 10.8 Å². The third-order valence-corrected chi connectivity index (χ3v) is 3.30. The quantitative estimate of drug-likeness (QED) is 0.773. The zero-order chi connectivity index (χ0) is 13.5. The molecule has 0 bridgehead atoms. The number of hydrogen-bond donors (Lipinski definition) is 1. The van der Waals surface area contributed by atoms with Crippen molar-refractivity contribution in [3.63, 3.8) is 0 Å². The van der Waals surface area contributed by atoms with Crippen LogP contribution in [0.15, 0.2) is 18.2 Å². The Morgan fingerprint density at radius 1 is 1.33 bits per heavy atom. The molecule has 1 aromatic rings. The summed E-state index contributed by atoms with van der Waals surface area (Å²) in [5.41, 5.74) is 1.10. The molecule has 1 N–H and O–H groups in total. The molecule has 18 heavy (non-hydrogen) atoms. The maximum atomic E-state index is 13.0. The summed E-state index contributed by atoms with van der Waals surface area (Å²) in [4.78, 5) is 0. The lowest BCUT2D eigenvalue weighted by Crippen LogP contribution is -2.30. The van der Waals surface area contributed by atoms with Crippen molar-refractivity contribution in [2.75, 3.05) is 6.54 Å². The van der Waals surface area contributed by atoms with Crippen molar-refractivity contribution in [1.82, 2.24) is 5.32 Å². The van der Waals surface area contributed by atoms with Gasteiger partial charge in [0.15, 0.2) is 0 Å². The van der Waals surface area contributed by atoms with Crippen LogP contribution in [-0.2, 0) is 6.42 Å². The first-order valence-electron chi connectivity index (χ1n) is 6.70. The summed E-state index contributed by atoms with van der Waals surface area (Å²) < 4.78 is 13.0. The molecular formula is C15H23ClFN. The average molecular weight is 272 g/mol. The highest BCUT2D eigenvalue weighted by atomic mass is 35.5. The van der Waals surface area contributed by atoms with Crippen molar-refractivity contribution in [3.05, 3.63) is 34.6 Å². The molecular weight excluding hydrogens is 249 g/mol. The largest absolute Gasteiger partial charge is 0.314 e. The Morgan fingerprint density at radius 3 is 2.61 bits per heavy atom. The second-order valence-electron chi connectivity index (χ2n) is 5.17. The van der Waals surface area contributed by atoms with Crippen LogP contribution in [0.3, 0.4) is 0 Å². The number of nitrogens with one attached hydrogen (secondary N) is 1. The monoisotopic (exact) mass is 271 g/mol. The maximum Gasteiger partial charge on any atom is 0.141 e. The molecule has 0 radical (unpaired) electrons. The van der Waals surface area contributed by atoms with Crippen LogP contribution in [-0.4, -0.2) is 12.6 Å². The molecule has 1 unspecified atom stereocenters. The van der Waals surface area contributed by atoms with Crippen molar-refractivity contribution in [2.45, 2.75) is 46.1 Å². The van der Waals surface area contributed by atoms with Gasteiger partial charge in [-0.15, -0.1) is 0 Å². The van der Waals surface area contributed by atoms with Gasteiger partial charge in [-0.1, -0.05) is 38.4 Å². The van der Waals surface area contributed by atoms with E-state index in [0.29, 0.717) is 12.0 Å². The molecule has 0 aliphatic heterocycles. The minimum Gasteiger partial charge on any atom is -0.314 e. The molecule has 0 spiro atoms. The van der Waals surface area contributed by atoms with Gasteiger partial charge in [0.25, 0.3) is 0 Å². The van der Waals surface area contributed by atoms with E-state index in [2.05, 4.69) is 26.1 Å². The third-order valence-electron chi connectivity index (χ3n) is 3.01. The molecule has 0 aromatic heterocycles. The van der Waals surface area contributed by atoms with Gasteiger partial charge >= 0.3 is 0 Å². The minimum atomic E-state index is -0.342. The fourth-order valence-corrected chi connectivity index (χ4v) is 2.40. The second-order valence-corrected chi connectivity index (χ2v) is 5.58. The molecule has 1 rings (SSSR count). The van der Waals surface area contributed by atoms with Gasteiger partial charge in [0, 0.05) is 6.04 Å². The summed E-state index contributed by atoms with van der Waals surface area (Å²) >= 11 is 5.78. The number of rotatable bonds is 7. The first-order valence-corrected chi connectivity index (χ1v) is 7.08. The fourth-order valence-electron chi connectivity index (χ4n) is 2.20. The lowest BCUT2D eigenvalue weighted by atomic mass is 9.97. The smallest absolute Gasteiger partial charge is 0.141 e. The van der Waals surface area contributed by atoms with E-state index in [1.54, 1.807) is 6.07 Å². The van der Waals surface area contributed by atoms with Gasteiger partial charge < -0.3 is 5.32 Å². The van der Waals surface area contributed by atoms with Crippen LogP contribution in [0.4, 0.5) is 4.39 Å². The zero-order valence-electron chi connectivity index (χ0n) is 11.5. The molecule has 0 aliphatic rings. The van der Waals surface area contributed by atoms with E-state index in [1.807, 2.05) is 6.07 Å². The van der Waals surface area contributed by atoms with E-state index >= 15 is 0 Å². The average Bonchev–Trinajstić information content (AvgIpc) is 2.30. The molecule has 0 heterocycles. The van der Waals surface area contributed by atoms with Crippen LogP contribution < -0.4 is 5.32 Å². The molecule has 0 amide bonds. The van der Waals surface area contributed by atoms with Crippen molar-refractivity contribution in [1.29, 1.82) is 0 Å². The fraction of sp³-hybridized carbons (Fsp3) is 0.600. The number of halogens is 2. The van der Waals surface area contributed by atoms with Crippen LogP contribution in [0.1, 0.15) is 39.2 Å². The van der Waals surface area contributed by atoms with Crippen molar-refractivity contribution in [2.24, 2.45) is 5.92 Å². The van der Waals surface area contributed by atoms with Crippen LogP contribution in [0.5, 0.6) is 0 Å². The van der Waals surface area contributed by atoms with Gasteiger partial charge in [-0.2, -0.15) is 0 Å².